The Morgan fingerprint density at radius 3 is 2.94 bits per heavy atom. The Morgan fingerprint density at radius 2 is 2.22 bits per heavy atom. The van der Waals surface area contributed by atoms with E-state index in [4.69, 9.17) is 4.74 Å². The van der Waals surface area contributed by atoms with Crippen LogP contribution in [0, 0.1) is 5.41 Å². The molecule has 1 aliphatic carbocycles. The Morgan fingerprint density at radius 1 is 1.50 bits per heavy atom. The molecule has 0 saturated carbocycles. The summed E-state index contributed by atoms with van der Waals surface area (Å²) >= 11 is 0. The Bertz CT molecular complexity index is 504. The Kier molecular flexibility index (Phi) is 3.32. The van der Waals surface area contributed by atoms with Crippen LogP contribution < -0.4 is 0 Å². The number of fused-ring (bicyclic) bond motifs is 1. The van der Waals surface area contributed by atoms with Crippen molar-refractivity contribution in [2.45, 2.75) is 19.8 Å². The van der Waals surface area contributed by atoms with Crippen LogP contribution in [0.4, 0.5) is 0 Å². The van der Waals surface area contributed by atoms with Crippen LogP contribution in [0.1, 0.15) is 29.3 Å². The first-order valence-electron chi connectivity index (χ1n) is 6.00. The fourth-order valence-electron chi connectivity index (χ4n) is 2.24. The zero-order valence-corrected chi connectivity index (χ0v) is 10.4. The first-order valence-corrected chi connectivity index (χ1v) is 6.00. The fraction of sp³-hybridized carbons (Fsp3) is 0.333. The van der Waals surface area contributed by atoms with Crippen molar-refractivity contribution in [2.24, 2.45) is 5.41 Å². The van der Waals surface area contributed by atoms with Gasteiger partial charge in [0.1, 0.15) is 12.0 Å². The number of esters is 1. The van der Waals surface area contributed by atoms with E-state index in [1.165, 1.54) is 6.08 Å². The summed E-state index contributed by atoms with van der Waals surface area (Å²) in [6.07, 6.45) is 2.73. The molecular formula is C15H16O3. The van der Waals surface area contributed by atoms with Crippen molar-refractivity contribution in [3.63, 3.8) is 0 Å². The number of ether oxygens (including phenoxy) is 1. The van der Waals surface area contributed by atoms with E-state index in [1.807, 2.05) is 18.2 Å². The summed E-state index contributed by atoms with van der Waals surface area (Å²) in [5, 5.41) is 0. The molecule has 0 spiro atoms. The van der Waals surface area contributed by atoms with Crippen molar-refractivity contribution in [1.82, 2.24) is 0 Å². The molecule has 1 aliphatic rings. The van der Waals surface area contributed by atoms with E-state index in [0.717, 1.165) is 12.0 Å². The van der Waals surface area contributed by atoms with Crippen LogP contribution >= 0.6 is 0 Å². The molecule has 0 aliphatic heterocycles. The van der Waals surface area contributed by atoms with E-state index < -0.39 is 11.4 Å². The fourth-order valence-corrected chi connectivity index (χ4v) is 2.24. The third-order valence-electron chi connectivity index (χ3n) is 3.44. The number of Topliss-reactive ketones (excluding diaryl/α,β-unsaturated/α-hetero) is 1. The van der Waals surface area contributed by atoms with Gasteiger partial charge in [-0.2, -0.15) is 0 Å². The van der Waals surface area contributed by atoms with Gasteiger partial charge in [-0.15, -0.1) is 0 Å². The summed E-state index contributed by atoms with van der Waals surface area (Å²) in [7, 11) is 0. The van der Waals surface area contributed by atoms with Gasteiger partial charge in [0.05, 0.1) is 0 Å². The molecule has 3 nitrogen and oxygen atoms in total. The van der Waals surface area contributed by atoms with Crippen LogP contribution in [0.25, 0.3) is 0 Å². The van der Waals surface area contributed by atoms with Crippen molar-refractivity contribution in [3.8, 4) is 0 Å². The van der Waals surface area contributed by atoms with E-state index in [0.29, 0.717) is 12.0 Å². The predicted octanol–water partition coefficient (Wildman–Crippen LogP) is 2.55. The van der Waals surface area contributed by atoms with Crippen LogP contribution in [0.5, 0.6) is 0 Å². The standard InChI is InChI=1S/C15H16O3/c1-3-10-18-14(17)15(2)9-8-11-6-4-5-7-12(11)13(15)16/h3-7H,1,8-10H2,2H3/t15-/m0/s1. The number of benzene rings is 1. The topological polar surface area (TPSA) is 43.4 Å². The molecule has 1 aromatic carbocycles. The summed E-state index contributed by atoms with van der Waals surface area (Å²) in [5.41, 5.74) is 0.593. The van der Waals surface area contributed by atoms with Gasteiger partial charge >= 0.3 is 5.97 Å². The summed E-state index contributed by atoms with van der Waals surface area (Å²) in [5.74, 6) is -0.597. The van der Waals surface area contributed by atoms with Crippen LogP contribution in [0.2, 0.25) is 0 Å². The monoisotopic (exact) mass is 244 g/mol. The zero-order valence-electron chi connectivity index (χ0n) is 10.4. The van der Waals surface area contributed by atoms with Gasteiger partial charge in [0, 0.05) is 5.56 Å². The molecule has 0 unspecified atom stereocenters. The minimum atomic E-state index is -1.06. The lowest BCUT2D eigenvalue weighted by atomic mass is 9.72. The normalized spacial score (nSPS) is 22.2. The van der Waals surface area contributed by atoms with Gasteiger partial charge in [-0.05, 0) is 25.3 Å². The second-order valence-electron chi connectivity index (χ2n) is 4.71. The highest BCUT2D eigenvalue weighted by atomic mass is 16.5. The van der Waals surface area contributed by atoms with E-state index >= 15 is 0 Å². The van der Waals surface area contributed by atoms with E-state index in [1.54, 1.807) is 13.0 Å². The van der Waals surface area contributed by atoms with Crippen LogP contribution in [-0.4, -0.2) is 18.4 Å². The van der Waals surface area contributed by atoms with Gasteiger partial charge in [0.2, 0.25) is 0 Å². The largest absolute Gasteiger partial charge is 0.461 e. The molecule has 94 valence electrons. The van der Waals surface area contributed by atoms with Crippen molar-refractivity contribution in [2.75, 3.05) is 6.61 Å². The maximum Gasteiger partial charge on any atom is 0.320 e. The second kappa shape index (κ2) is 4.77. The molecule has 3 heteroatoms. The van der Waals surface area contributed by atoms with Crippen LogP contribution in [-0.2, 0) is 16.0 Å². The maximum atomic E-state index is 12.4. The molecule has 18 heavy (non-hydrogen) atoms. The van der Waals surface area contributed by atoms with Gasteiger partial charge < -0.3 is 4.74 Å². The zero-order chi connectivity index (χ0) is 13.2. The average molecular weight is 244 g/mol. The minimum absolute atomic E-state index is 0.140. The molecule has 0 bridgehead atoms. The van der Waals surface area contributed by atoms with Gasteiger partial charge in [-0.25, -0.2) is 0 Å². The molecule has 2 rings (SSSR count). The van der Waals surface area contributed by atoms with E-state index in [-0.39, 0.29) is 12.4 Å². The molecular weight excluding hydrogens is 228 g/mol. The molecule has 0 fully saturated rings. The summed E-state index contributed by atoms with van der Waals surface area (Å²) in [6, 6.07) is 7.43. The average Bonchev–Trinajstić information content (AvgIpc) is 2.40. The molecule has 1 atom stereocenters. The third kappa shape index (κ3) is 1.96. The van der Waals surface area contributed by atoms with Crippen molar-refractivity contribution in [3.05, 3.63) is 48.0 Å². The second-order valence-corrected chi connectivity index (χ2v) is 4.71. The lowest BCUT2D eigenvalue weighted by molar-refractivity contribution is -0.151. The van der Waals surface area contributed by atoms with E-state index in [9.17, 15) is 9.59 Å². The molecule has 0 N–H and O–H groups in total. The smallest absolute Gasteiger partial charge is 0.320 e. The number of ketones is 1. The highest BCUT2D eigenvalue weighted by Gasteiger charge is 2.45. The lowest BCUT2D eigenvalue weighted by Gasteiger charge is -2.30. The SMILES string of the molecule is C=CCOC(=O)[C@@]1(C)CCc2ccccc2C1=O. The number of rotatable bonds is 3. The number of aryl methyl sites for hydroxylation is 1. The number of carbonyl (C=O) groups is 2. The van der Waals surface area contributed by atoms with Crippen LogP contribution in [0.15, 0.2) is 36.9 Å². The Labute approximate surface area is 106 Å². The first kappa shape index (κ1) is 12.6. The molecule has 0 saturated heterocycles. The minimum Gasteiger partial charge on any atom is -0.461 e. The lowest BCUT2D eigenvalue weighted by Crippen LogP contribution is -2.41. The number of hydrogen-bond acceptors (Lipinski definition) is 3. The summed E-state index contributed by atoms with van der Waals surface area (Å²) in [6.45, 7) is 5.30. The van der Waals surface area contributed by atoms with E-state index in [2.05, 4.69) is 6.58 Å². The van der Waals surface area contributed by atoms with Crippen molar-refractivity contribution < 1.29 is 14.3 Å². The number of hydrogen-bond donors (Lipinski definition) is 0. The van der Waals surface area contributed by atoms with Gasteiger partial charge in [0.25, 0.3) is 0 Å². The Balaban J connectivity index is 2.30. The van der Waals surface area contributed by atoms with Crippen molar-refractivity contribution in [1.29, 1.82) is 0 Å². The number of carbonyl (C=O) groups excluding carboxylic acids is 2. The van der Waals surface area contributed by atoms with Crippen molar-refractivity contribution >= 4 is 11.8 Å². The van der Waals surface area contributed by atoms with Gasteiger partial charge in [-0.3, -0.25) is 9.59 Å². The predicted molar refractivity (Wildman–Crippen MR) is 68.4 cm³/mol. The molecule has 0 amide bonds. The van der Waals surface area contributed by atoms with Gasteiger partial charge in [-0.1, -0.05) is 36.9 Å². The highest BCUT2D eigenvalue weighted by Crippen LogP contribution is 2.36. The molecule has 0 radical (unpaired) electrons. The first-order chi connectivity index (χ1) is 8.59. The van der Waals surface area contributed by atoms with Crippen LogP contribution in [0.3, 0.4) is 0 Å². The summed E-state index contributed by atoms with van der Waals surface area (Å²) in [4.78, 5) is 24.4. The Hall–Kier alpha value is -1.90. The van der Waals surface area contributed by atoms with Gasteiger partial charge in [0.15, 0.2) is 5.78 Å². The molecule has 0 aromatic heterocycles. The third-order valence-corrected chi connectivity index (χ3v) is 3.44. The molecule has 1 aromatic rings. The highest BCUT2D eigenvalue weighted by molar-refractivity contribution is 6.13. The molecule has 0 heterocycles. The quantitative estimate of drug-likeness (QED) is 0.466. The summed E-state index contributed by atoms with van der Waals surface area (Å²) < 4.78 is 5.04. The maximum absolute atomic E-state index is 12.4.